The molecule has 0 saturated carbocycles. The molecular weight excluding hydrogens is 184 g/mol. The maximum Gasteiger partial charge on any atom is 0.106 e. The SMILES string of the molecule is OCc1ccccc1-c1csnn1. The second kappa shape index (κ2) is 3.64. The van der Waals surface area contributed by atoms with E-state index in [0.717, 1.165) is 16.8 Å². The third kappa shape index (κ3) is 1.59. The van der Waals surface area contributed by atoms with Gasteiger partial charge in [0.1, 0.15) is 5.69 Å². The Morgan fingerprint density at radius 2 is 2.15 bits per heavy atom. The third-order valence-electron chi connectivity index (χ3n) is 1.82. The van der Waals surface area contributed by atoms with Gasteiger partial charge >= 0.3 is 0 Å². The Kier molecular flexibility index (Phi) is 2.33. The highest BCUT2D eigenvalue weighted by atomic mass is 32.1. The zero-order chi connectivity index (χ0) is 9.10. The monoisotopic (exact) mass is 192 g/mol. The van der Waals surface area contributed by atoms with E-state index in [2.05, 4.69) is 9.59 Å². The van der Waals surface area contributed by atoms with Crippen LogP contribution in [0.5, 0.6) is 0 Å². The number of aliphatic hydroxyl groups is 1. The van der Waals surface area contributed by atoms with E-state index in [4.69, 9.17) is 5.11 Å². The summed E-state index contributed by atoms with van der Waals surface area (Å²) in [5.41, 5.74) is 2.67. The fourth-order valence-corrected chi connectivity index (χ4v) is 1.65. The molecule has 13 heavy (non-hydrogen) atoms. The lowest BCUT2D eigenvalue weighted by molar-refractivity contribution is 0.282. The van der Waals surface area contributed by atoms with Gasteiger partial charge in [0.15, 0.2) is 0 Å². The molecule has 0 fully saturated rings. The standard InChI is InChI=1S/C9H8N2OS/c12-5-7-3-1-2-4-8(7)9-6-13-11-10-9/h1-4,6,12H,5H2. The second-order valence-electron chi connectivity index (χ2n) is 2.61. The van der Waals surface area contributed by atoms with Crippen LogP contribution in [0.2, 0.25) is 0 Å². The first kappa shape index (κ1) is 8.34. The lowest BCUT2D eigenvalue weighted by Gasteiger charge is -2.01. The van der Waals surface area contributed by atoms with E-state index in [0.29, 0.717) is 0 Å². The molecule has 0 bridgehead atoms. The number of nitrogens with zero attached hydrogens (tertiary/aromatic N) is 2. The van der Waals surface area contributed by atoms with Crippen LogP contribution in [0.15, 0.2) is 29.6 Å². The maximum atomic E-state index is 9.07. The molecule has 66 valence electrons. The fraction of sp³-hybridized carbons (Fsp3) is 0.111. The van der Waals surface area contributed by atoms with Crippen molar-refractivity contribution in [2.45, 2.75) is 6.61 Å². The number of hydrogen-bond acceptors (Lipinski definition) is 4. The highest BCUT2D eigenvalue weighted by Crippen LogP contribution is 2.21. The molecule has 0 amide bonds. The third-order valence-corrected chi connectivity index (χ3v) is 2.33. The maximum absolute atomic E-state index is 9.07. The molecule has 0 atom stereocenters. The van der Waals surface area contributed by atoms with Gasteiger partial charge in [-0.3, -0.25) is 0 Å². The second-order valence-corrected chi connectivity index (χ2v) is 3.22. The predicted molar refractivity (Wildman–Crippen MR) is 51.3 cm³/mol. The Morgan fingerprint density at radius 3 is 2.85 bits per heavy atom. The molecule has 0 aliphatic carbocycles. The number of aromatic nitrogens is 2. The van der Waals surface area contributed by atoms with Gasteiger partial charge in [0.25, 0.3) is 0 Å². The van der Waals surface area contributed by atoms with E-state index < -0.39 is 0 Å². The van der Waals surface area contributed by atoms with E-state index in [1.54, 1.807) is 0 Å². The fourth-order valence-electron chi connectivity index (χ4n) is 1.19. The summed E-state index contributed by atoms with van der Waals surface area (Å²) in [5.74, 6) is 0. The molecule has 0 radical (unpaired) electrons. The zero-order valence-corrected chi connectivity index (χ0v) is 7.66. The summed E-state index contributed by atoms with van der Waals surface area (Å²) in [5, 5.41) is 14.9. The molecule has 1 N–H and O–H groups in total. The van der Waals surface area contributed by atoms with Crippen LogP contribution in [0, 0.1) is 0 Å². The molecule has 0 spiro atoms. The summed E-state index contributed by atoms with van der Waals surface area (Å²) in [6, 6.07) is 7.64. The molecule has 2 rings (SSSR count). The Bertz CT molecular complexity index is 386. The van der Waals surface area contributed by atoms with Gasteiger partial charge in [-0.1, -0.05) is 28.8 Å². The van der Waals surface area contributed by atoms with Crippen LogP contribution in [0.1, 0.15) is 5.56 Å². The Labute approximate surface area is 79.8 Å². The van der Waals surface area contributed by atoms with Crippen LogP contribution >= 0.6 is 11.5 Å². The smallest absolute Gasteiger partial charge is 0.106 e. The molecule has 1 heterocycles. The first-order valence-electron chi connectivity index (χ1n) is 3.88. The van der Waals surface area contributed by atoms with Crippen molar-refractivity contribution < 1.29 is 5.11 Å². The zero-order valence-electron chi connectivity index (χ0n) is 6.84. The van der Waals surface area contributed by atoms with Crippen LogP contribution in [0.4, 0.5) is 0 Å². The summed E-state index contributed by atoms with van der Waals surface area (Å²) < 4.78 is 3.78. The topological polar surface area (TPSA) is 46.0 Å². The van der Waals surface area contributed by atoms with Crippen molar-refractivity contribution in [3.05, 3.63) is 35.2 Å². The summed E-state index contributed by atoms with van der Waals surface area (Å²) in [6.45, 7) is 0.0354. The quantitative estimate of drug-likeness (QED) is 0.787. The van der Waals surface area contributed by atoms with E-state index in [-0.39, 0.29) is 6.61 Å². The minimum Gasteiger partial charge on any atom is -0.392 e. The first-order valence-corrected chi connectivity index (χ1v) is 4.71. The molecule has 1 aromatic heterocycles. The molecule has 0 unspecified atom stereocenters. The molecule has 3 nitrogen and oxygen atoms in total. The largest absolute Gasteiger partial charge is 0.392 e. The Hall–Kier alpha value is -1.26. The number of hydrogen-bond donors (Lipinski definition) is 1. The van der Waals surface area contributed by atoms with Gasteiger partial charge in [0.2, 0.25) is 0 Å². The van der Waals surface area contributed by atoms with Gasteiger partial charge in [-0.05, 0) is 17.1 Å². The van der Waals surface area contributed by atoms with Crippen molar-refractivity contribution >= 4 is 11.5 Å². The summed E-state index contributed by atoms with van der Waals surface area (Å²) >= 11 is 1.31. The van der Waals surface area contributed by atoms with E-state index in [1.165, 1.54) is 11.5 Å². The van der Waals surface area contributed by atoms with Gasteiger partial charge in [0.05, 0.1) is 6.61 Å². The first-order chi connectivity index (χ1) is 6.42. The highest BCUT2D eigenvalue weighted by Gasteiger charge is 2.04. The molecule has 4 heteroatoms. The molecular formula is C9H8N2OS. The van der Waals surface area contributed by atoms with Crippen LogP contribution in [-0.2, 0) is 6.61 Å². The molecule has 0 aliphatic heterocycles. The average Bonchev–Trinajstić information content (AvgIpc) is 2.70. The normalized spacial score (nSPS) is 10.2. The van der Waals surface area contributed by atoms with Crippen molar-refractivity contribution in [1.29, 1.82) is 0 Å². The average molecular weight is 192 g/mol. The molecule has 0 saturated heterocycles. The van der Waals surface area contributed by atoms with Crippen LogP contribution in [-0.4, -0.2) is 14.7 Å². The van der Waals surface area contributed by atoms with Crippen molar-refractivity contribution in [1.82, 2.24) is 9.59 Å². The number of aliphatic hydroxyl groups excluding tert-OH is 1. The van der Waals surface area contributed by atoms with E-state index in [1.807, 2.05) is 29.6 Å². The van der Waals surface area contributed by atoms with Crippen molar-refractivity contribution in [2.24, 2.45) is 0 Å². The minimum atomic E-state index is 0.0354. The van der Waals surface area contributed by atoms with Gasteiger partial charge in [-0.25, -0.2) is 0 Å². The van der Waals surface area contributed by atoms with Crippen LogP contribution < -0.4 is 0 Å². The summed E-state index contributed by atoms with van der Waals surface area (Å²) in [4.78, 5) is 0. The minimum absolute atomic E-state index is 0.0354. The predicted octanol–water partition coefficient (Wildman–Crippen LogP) is 1.70. The number of rotatable bonds is 2. The summed E-state index contributed by atoms with van der Waals surface area (Å²) in [6.07, 6.45) is 0. The Morgan fingerprint density at radius 1 is 1.31 bits per heavy atom. The van der Waals surface area contributed by atoms with Crippen molar-refractivity contribution in [3.63, 3.8) is 0 Å². The summed E-state index contributed by atoms with van der Waals surface area (Å²) in [7, 11) is 0. The van der Waals surface area contributed by atoms with Crippen LogP contribution in [0.3, 0.4) is 0 Å². The lowest BCUT2D eigenvalue weighted by atomic mass is 10.1. The lowest BCUT2D eigenvalue weighted by Crippen LogP contribution is -1.88. The Balaban J connectivity index is 2.51. The van der Waals surface area contributed by atoms with Gasteiger partial charge in [0, 0.05) is 10.9 Å². The molecule has 0 aliphatic rings. The van der Waals surface area contributed by atoms with Gasteiger partial charge in [-0.15, -0.1) is 5.10 Å². The molecule has 1 aromatic carbocycles. The van der Waals surface area contributed by atoms with Crippen LogP contribution in [0.25, 0.3) is 11.3 Å². The highest BCUT2D eigenvalue weighted by molar-refractivity contribution is 7.03. The van der Waals surface area contributed by atoms with Gasteiger partial charge < -0.3 is 5.11 Å². The van der Waals surface area contributed by atoms with Crippen molar-refractivity contribution in [2.75, 3.05) is 0 Å². The van der Waals surface area contributed by atoms with E-state index >= 15 is 0 Å². The number of benzene rings is 1. The van der Waals surface area contributed by atoms with E-state index in [9.17, 15) is 0 Å². The van der Waals surface area contributed by atoms with Crippen molar-refractivity contribution in [3.8, 4) is 11.3 Å². The van der Waals surface area contributed by atoms with Gasteiger partial charge in [-0.2, -0.15) is 0 Å². The molecule has 2 aromatic rings.